The average molecular weight is 579 g/mol. The molecule has 1 aliphatic heterocycles. The van der Waals surface area contributed by atoms with Gasteiger partial charge in [0.2, 0.25) is 0 Å². The Bertz CT molecular complexity index is 1150. The topological polar surface area (TPSA) is 94.0 Å². The molecule has 4 aliphatic carbocycles. The summed E-state index contributed by atoms with van der Waals surface area (Å²) < 4.78 is 0. The molecule has 1 aromatic rings. The molecule has 1 saturated heterocycles. The summed E-state index contributed by atoms with van der Waals surface area (Å²) >= 11 is 0. The van der Waals surface area contributed by atoms with Gasteiger partial charge < -0.3 is 15.1 Å². The summed E-state index contributed by atoms with van der Waals surface area (Å²) in [7, 11) is 0. The molecule has 5 aliphatic rings. The molecule has 4 fully saturated rings. The van der Waals surface area contributed by atoms with E-state index < -0.39 is 17.1 Å². The fraction of sp³-hybridized carbons (Fsp3) is 0.633. The van der Waals surface area contributed by atoms with Gasteiger partial charge in [0.05, 0.1) is 12.6 Å². The summed E-state index contributed by atoms with van der Waals surface area (Å²) in [6.07, 6.45) is 10.00. The van der Waals surface area contributed by atoms with Crippen molar-refractivity contribution in [1.29, 1.82) is 0 Å². The van der Waals surface area contributed by atoms with Gasteiger partial charge >= 0.3 is 0 Å². The van der Waals surface area contributed by atoms with E-state index in [1.807, 2.05) is 24.3 Å². The van der Waals surface area contributed by atoms with Gasteiger partial charge in [-0.2, -0.15) is 0 Å². The van der Waals surface area contributed by atoms with E-state index in [2.05, 4.69) is 28.6 Å². The summed E-state index contributed by atoms with van der Waals surface area (Å²) in [6, 6.07) is 5.91. The highest BCUT2D eigenvalue weighted by molar-refractivity contribution is 6.01. The summed E-state index contributed by atoms with van der Waals surface area (Å²) in [4.78, 5) is 34.7. The molecule has 0 unspecified atom stereocenters. The minimum atomic E-state index is -1.42. The van der Waals surface area contributed by atoms with Crippen molar-refractivity contribution < 1.29 is 19.8 Å². The lowest BCUT2D eigenvalue weighted by atomic mass is 9.46. The fourth-order valence-corrected chi connectivity index (χ4v) is 8.80. The van der Waals surface area contributed by atoms with Crippen molar-refractivity contribution in [3.8, 4) is 0 Å². The zero-order valence-corrected chi connectivity index (χ0v) is 24.4. The lowest BCUT2D eigenvalue weighted by molar-refractivity contribution is -0.177. The molecule has 3 saturated carbocycles. The average Bonchev–Trinajstić information content (AvgIpc) is 3.16. The maximum absolute atomic E-state index is 13.8. The normalized spacial score (nSPS) is 39.4. The van der Waals surface area contributed by atoms with E-state index in [9.17, 15) is 19.8 Å². The van der Waals surface area contributed by atoms with E-state index in [1.54, 1.807) is 18.3 Å². The predicted octanol–water partition coefficient (Wildman–Crippen LogP) is 3.63. The first-order valence-corrected chi connectivity index (χ1v) is 13.9. The number of ketones is 2. The zero-order chi connectivity index (χ0) is 26.0. The minimum Gasteiger partial charge on any atom is -0.393 e. The number of halogens is 2. The molecule has 7 nitrogen and oxygen atoms in total. The standard InChI is InChI=1S/C30H39N3O4.2ClH/c1-28-10-8-21(34)17-20(28)6-7-22-23-9-11-30(37,29(23,2)18-24(35)27(22)28)25(36)19-32-13-15-33(16-14-32)26-5-3-4-12-31-26;;/h3-5,8,10,12,17,22-24,27,35,37H,6-7,9,11,13-16,18-19H2,1-2H3;2*1H/t22-,23-,24-,27+,28-,29-,30-;;/m0../s1. The van der Waals surface area contributed by atoms with Crippen LogP contribution >= 0.6 is 24.8 Å². The van der Waals surface area contributed by atoms with Crippen LogP contribution < -0.4 is 4.90 Å². The van der Waals surface area contributed by atoms with Crippen LogP contribution in [-0.2, 0) is 9.59 Å². The molecular weight excluding hydrogens is 537 g/mol. The highest BCUT2D eigenvalue weighted by Crippen LogP contribution is 2.67. The van der Waals surface area contributed by atoms with Gasteiger partial charge in [0, 0.05) is 49.1 Å². The van der Waals surface area contributed by atoms with Gasteiger partial charge in [-0.1, -0.05) is 31.6 Å². The molecule has 214 valence electrons. The first kappa shape index (κ1) is 30.2. The molecule has 39 heavy (non-hydrogen) atoms. The molecule has 6 rings (SSSR count). The molecule has 0 aromatic carbocycles. The van der Waals surface area contributed by atoms with Crippen molar-refractivity contribution in [3.05, 3.63) is 48.2 Å². The van der Waals surface area contributed by atoms with Crippen LogP contribution in [0.1, 0.15) is 46.0 Å². The number of aliphatic hydroxyl groups excluding tert-OH is 1. The van der Waals surface area contributed by atoms with Crippen molar-refractivity contribution >= 4 is 42.2 Å². The van der Waals surface area contributed by atoms with Gasteiger partial charge in [0.1, 0.15) is 11.4 Å². The molecule has 0 spiro atoms. The van der Waals surface area contributed by atoms with Crippen LogP contribution in [0.2, 0.25) is 0 Å². The maximum atomic E-state index is 13.8. The van der Waals surface area contributed by atoms with E-state index >= 15 is 0 Å². The van der Waals surface area contributed by atoms with Gasteiger partial charge in [0.25, 0.3) is 0 Å². The van der Waals surface area contributed by atoms with E-state index in [0.29, 0.717) is 12.8 Å². The van der Waals surface area contributed by atoms with Crippen molar-refractivity contribution in [2.75, 3.05) is 37.6 Å². The van der Waals surface area contributed by atoms with Gasteiger partial charge in [0.15, 0.2) is 11.6 Å². The number of piperazine rings is 1. The first-order valence-electron chi connectivity index (χ1n) is 13.9. The van der Waals surface area contributed by atoms with Crippen LogP contribution in [0.15, 0.2) is 48.2 Å². The van der Waals surface area contributed by atoms with Crippen LogP contribution in [-0.4, -0.2) is 76.1 Å². The number of hydrogen-bond acceptors (Lipinski definition) is 7. The van der Waals surface area contributed by atoms with Gasteiger partial charge in [-0.25, -0.2) is 4.98 Å². The third-order valence-electron chi connectivity index (χ3n) is 10.8. The van der Waals surface area contributed by atoms with Crippen molar-refractivity contribution in [1.82, 2.24) is 9.88 Å². The smallest absolute Gasteiger partial charge is 0.178 e. The van der Waals surface area contributed by atoms with Gasteiger partial charge in [-0.3, -0.25) is 14.5 Å². The fourth-order valence-electron chi connectivity index (χ4n) is 8.80. The SMILES string of the molecule is C[C@]12C=CC(=O)C=C1CC[C@@H]1[C@@H]2[C@@H](O)C[C@@]2(C)[C@H]1CC[C@]2(O)C(=O)CN1CCN(c2ccccn2)CC1.Cl.Cl. The molecule has 1 aromatic heterocycles. The number of rotatable bonds is 4. The third kappa shape index (κ3) is 4.68. The number of nitrogens with zero attached hydrogens (tertiary/aromatic N) is 3. The summed E-state index contributed by atoms with van der Waals surface area (Å²) in [5, 5.41) is 23.6. The number of allylic oxidation sites excluding steroid dienone is 4. The number of pyridine rings is 1. The van der Waals surface area contributed by atoms with Crippen molar-refractivity contribution in [3.63, 3.8) is 0 Å². The summed E-state index contributed by atoms with van der Waals surface area (Å²) in [5.74, 6) is 1.30. The van der Waals surface area contributed by atoms with Crippen LogP contribution in [0.5, 0.6) is 0 Å². The van der Waals surface area contributed by atoms with E-state index in [1.165, 1.54) is 0 Å². The van der Waals surface area contributed by atoms with Crippen LogP contribution in [0.3, 0.4) is 0 Å². The predicted molar refractivity (Wildman–Crippen MR) is 155 cm³/mol. The number of fused-ring (bicyclic) bond motifs is 5. The monoisotopic (exact) mass is 577 g/mol. The molecular formula is C30H41Cl2N3O4. The molecule has 0 radical (unpaired) electrons. The second-order valence-electron chi connectivity index (χ2n) is 12.5. The Balaban J connectivity index is 0.00000176. The third-order valence-corrected chi connectivity index (χ3v) is 10.8. The number of hydrogen-bond donors (Lipinski definition) is 2. The number of carbonyl (C=O) groups excluding carboxylic acids is 2. The second-order valence-corrected chi connectivity index (χ2v) is 12.5. The maximum Gasteiger partial charge on any atom is 0.178 e. The highest BCUT2D eigenvalue weighted by atomic mass is 35.5. The quantitative estimate of drug-likeness (QED) is 0.564. The number of Topliss-reactive ketones (excluding diaryl/α,β-unsaturated/α-hetero) is 1. The lowest BCUT2D eigenvalue weighted by Crippen LogP contribution is -2.62. The Morgan fingerprint density at radius 2 is 1.87 bits per heavy atom. The highest BCUT2D eigenvalue weighted by Gasteiger charge is 2.68. The van der Waals surface area contributed by atoms with Crippen LogP contribution in [0.25, 0.3) is 0 Å². The lowest BCUT2D eigenvalue weighted by Gasteiger charge is -2.59. The van der Waals surface area contributed by atoms with Crippen molar-refractivity contribution in [2.45, 2.75) is 57.7 Å². The van der Waals surface area contributed by atoms with E-state index in [-0.39, 0.29) is 66.1 Å². The van der Waals surface area contributed by atoms with Crippen LogP contribution in [0, 0.1) is 28.6 Å². The molecule has 0 bridgehead atoms. The van der Waals surface area contributed by atoms with E-state index in [4.69, 9.17) is 0 Å². The van der Waals surface area contributed by atoms with Crippen molar-refractivity contribution in [2.24, 2.45) is 28.6 Å². The van der Waals surface area contributed by atoms with E-state index in [0.717, 1.165) is 56.8 Å². The molecule has 2 heterocycles. The zero-order valence-electron chi connectivity index (χ0n) is 22.8. The minimum absolute atomic E-state index is 0. The summed E-state index contributed by atoms with van der Waals surface area (Å²) in [5.41, 5.74) is -1.28. The van der Waals surface area contributed by atoms with Gasteiger partial charge in [-0.15, -0.1) is 24.8 Å². The molecule has 2 N–H and O–H groups in total. The Morgan fingerprint density at radius 1 is 1.13 bits per heavy atom. The Morgan fingerprint density at radius 3 is 2.56 bits per heavy atom. The number of aromatic nitrogens is 1. The summed E-state index contributed by atoms with van der Waals surface area (Å²) in [6.45, 7) is 7.56. The largest absolute Gasteiger partial charge is 0.393 e. The molecule has 7 atom stereocenters. The molecule has 9 heteroatoms. The first-order chi connectivity index (χ1) is 17.7. The Labute approximate surface area is 243 Å². The number of aliphatic hydroxyl groups is 2. The second kappa shape index (κ2) is 10.9. The number of carbonyl (C=O) groups is 2. The molecule has 0 amide bonds. The number of anilines is 1. The Hall–Kier alpha value is -1.77. The Kier molecular flexibility index (Phi) is 8.44. The van der Waals surface area contributed by atoms with Crippen LogP contribution in [0.4, 0.5) is 5.82 Å². The van der Waals surface area contributed by atoms with Gasteiger partial charge in [-0.05, 0) is 68.2 Å².